The van der Waals surface area contributed by atoms with Gasteiger partial charge in [-0.3, -0.25) is 14.9 Å². The third kappa shape index (κ3) is 4.00. The fourth-order valence-electron chi connectivity index (χ4n) is 2.55. The highest BCUT2D eigenvalue weighted by Crippen LogP contribution is 2.27. The van der Waals surface area contributed by atoms with Gasteiger partial charge in [-0.2, -0.15) is 5.10 Å². The number of nitrogens with zero attached hydrogens (tertiary/aromatic N) is 2. The molecule has 7 nitrogen and oxygen atoms in total. The Morgan fingerprint density at radius 2 is 2.00 bits per heavy atom. The van der Waals surface area contributed by atoms with Crippen molar-refractivity contribution in [1.29, 1.82) is 0 Å². The molecule has 2 heterocycles. The number of aromatic nitrogens is 3. The third-order valence-corrected chi connectivity index (χ3v) is 3.93. The molecule has 1 aromatic carbocycles. The molecule has 0 aliphatic rings. The number of pyridine rings is 1. The molecule has 3 rings (SSSR count). The number of hydrogen-bond acceptors (Lipinski definition) is 5. The average molecular weight is 352 g/mol. The van der Waals surface area contributed by atoms with Gasteiger partial charge in [-0.05, 0) is 42.3 Å². The van der Waals surface area contributed by atoms with Crippen molar-refractivity contribution < 1.29 is 14.3 Å². The van der Waals surface area contributed by atoms with Gasteiger partial charge in [-0.15, -0.1) is 0 Å². The number of amides is 1. The molecule has 0 bridgehead atoms. The van der Waals surface area contributed by atoms with E-state index in [2.05, 4.69) is 20.5 Å². The highest BCUT2D eigenvalue weighted by molar-refractivity contribution is 5.93. The summed E-state index contributed by atoms with van der Waals surface area (Å²) in [5, 5.41) is 9.80. The number of H-pyrrole nitrogens is 1. The van der Waals surface area contributed by atoms with Crippen LogP contribution in [0, 0.1) is 0 Å². The number of hydrogen-bond donors (Lipinski definition) is 2. The van der Waals surface area contributed by atoms with Gasteiger partial charge in [0.1, 0.15) is 5.69 Å². The van der Waals surface area contributed by atoms with Gasteiger partial charge in [0, 0.05) is 24.5 Å². The van der Waals surface area contributed by atoms with Crippen LogP contribution in [0.25, 0.3) is 11.3 Å². The molecule has 0 saturated carbocycles. The first-order chi connectivity index (χ1) is 12.7. The predicted molar refractivity (Wildman–Crippen MR) is 97.4 cm³/mol. The Morgan fingerprint density at radius 1 is 1.15 bits per heavy atom. The SMILES string of the molecule is COc1ccc(CCNC(=O)c2cc(-c3cccnc3)n[nH]2)cc1OC. The van der Waals surface area contributed by atoms with Gasteiger partial charge in [0.05, 0.1) is 19.9 Å². The Morgan fingerprint density at radius 3 is 2.73 bits per heavy atom. The average Bonchev–Trinajstić information content (AvgIpc) is 3.19. The van der Waals surface area contributed by atoms with Crippen molar-refractivity contribution in [2.45, 2.75) is 6.42 Å². The van der Waals surface area contributed by atoms with E-state index >= 15 is 0 Å². The Hall–Kier alpha value is -3.35. The fraction of sp³-hybridized carbons (Fsp3) is 0.211. The van der Waals surface area contributed by atoms with Crippen LogP contribution >= 0.6 is 0 Å². The molecule has 0 fully saturated rings. The number of aromatic amines is 1. The summed E-state index contributed by atoms with van der Waals surface area (Å²) in [4.78, 5) is 16.3. The van der Waals surface area contributed by atoms with Gasteiger partial charge in [0.25, 0.3) is 5.91 Å². The summed E-state index contributed by atoms with van der Waals surface area (Å²) in [6, 6.07) is 11.1. The molecule has 0 unspecified atom stereocenters. The second-order valence-corrected chi connectivity index (χ2v) is 5.60. The number of carbonyl (C=O) groups is 1. The van der Waals surface area contributed by atoms with E-state index in [1.165, 1.54) is 0 Å². The summed E-state index contributed by atoms with van der Waals surface area (Å²) < 4.78 is 10.5. The number of rotatable bonds is 7. The van der Waals surface area contributed by atoms with Gasteiger partial charge in [0.15, 0.2) is 11.5 Å². The van der Waals surface area contributed by atoms with Crippen LogP contribution < -0.4 is 14.8 Å². The minimum absolute atomic E-state index is 0.201. The highest BCUT2D eigenvalue weighted by atomic mass is 16.5. The minimum atomic E-state index is -0.201. The molecule has 2 N–H and O–H groups in total. The first kappa shape index (κ1) is 17.5. The molecule has 0 radical (unpaired) electrons. The first-order valence-corrected chi connectivity index (χ1v) is 8.16. The standard InChI is InChI=1S/C19H20N4O3/c1-25-17-6-5-13(10-18(17)26-2)7-9-21-19(24)16-11-15(22-23-16)14-4-3-8-20-12-14/h3-6,8,10-12H,7,9H2,1-2H3,(H,21,24)(H,22,23). The van der Waals surface area contributed by atoms with E-state index < -0.39 is 0 Å². The maximum atomic E-state index is 12.3. The van der Waals surface area contributed by atoms with E-state index in [-0.39, 0.29) is 5.91 Å². The molecule has 2 aromatic heterocycles. The van der Waals surface area contributed by atoms with Gasteiger partial charge < -0.3 is 14.8 Å². The number of methoxy groups -OCH3 is 2. The highest BCUT2D eigenvalue weighted by Gasteiger charge is 2.11. The van der Waals surface area contributed by atoms with Crippen molar-refractivity contribution in [2.24, 2.45) is 0 Å². The van der Waals surface area contributed by atoms with Crippen LogP contribution in [-0.2, 0) is 6.42 Å². The summed E-state index contributed by atoms with van der Waals surface area (Å²) in [7, 11) is 3.20. The van der Waals surface area contributed by atoms with E-state index in [1.807, 2.05) is 30.3 Å². The molecule has 1 amide bonds. The lowest BCUT2D eigenvalue weighted by molar-refractivity contribution is 0.0949. The molecule has 0 aliphatic heterocycles. The predicted octanol–water partition coefficient (Wildman–Crippen LogP) is 2.46. The monoisotopic (exact) mass is 352 g/mol. The van der Waals surface area contributed by atoms with Crippen LogP contribution in [0.3, 0.4) is 0 Å². The van der Waals surface area contributed by atoms with Crippen LogP contribution in [0.2, 0.25) is 0 Å². The first-order valence-electron chi connectivity index (χ1n) is 8.16. The largest absolute Gasteiger partial charge is 0.493 e. The smallest absolute Gasteiger partial charge is 0.269 e. The van der Waals surface area contributed by atoms with Crippen molar-refractivity contribution in [2.75, 3.05) is 20.8 Å². The van der Waals surface area contributed by atoms with Crippen LogP contribution in [-0.4, -0.2) is 41.9 Å². The topological polar surface area (TPSA) is 89.1 Å². The van der Waals surface area contributed by atoms with Crippen molar-refractivity contribution in [3.8, 4) is 22.8 Å². The van der Waals surface area contributed by atoms with Crippen molar-refractivity contribution >= 4 is 5.91 Å². The van der Waals surface area contributed by atoms with E-state index in [0.717, 1.165) is 11.1 Å². The summed E-state index contributed by atoms with van der Waals surface area (Å²) in [5.41, 5.74) is 3.00. The van der Waals surface area contributed by atoms with Crippen molar-refractivity contribution in [3.05, 3.63) is 60.0 Å². The van der Waals surface area contributed by atoms with Gasteiger partial charge in [0.2, 0.25) is 0 Å². The van der Waals surface area contributed by atoms with Crippen LogP contribution in [0.4, 0.5) is 0 Å². The molecular weight excluding hydrogens is 332 g/mol. The van der Waals surface area contributed by atoms with E-state index in [1.54, 1.807) is 32.7 Å². The van der Waals surface area contributed by atoms with E-state index in [4.69, 9.17) is 9.47 Å². The second-order valence-electron chi connectivity index (χ2n) is 5.60. The van der Waals surface area contributed by atoms with Crippen molar-refractivity contribution in [1.82, 2.24) is 20.5 Å². The quantitative estimate of drug-likeness (QED) is 0.682. The zero-order chi connectivity index (χ0) is 18.4. The van der Waals surface area contributed by atoms with Crippen LogP contribution in [0.1, 0.15) is 16.1 Å². The molecule has 0 saturated heterocycles. The molecule has 0 aliphatic carbocycles. The van der Waals surface area contributed by atoms with E-state index in [0.29, 0.717) is 35.9 Å². The zero-order valence-electron chi connectivity index (χ0n) is 14.7. The molecule has 3 aromatic rings. The maximum absolute atomic E-state index is 12.3. The number of nitrogens with one attached hydrogen (secondary N) is 2. The summed E-state index contributed by atoms with van der Waals surface area (Å²) in [6.45, 7) is 0.496. The van der Waals surface area contributed by atoms with Crippen LogP contribution in [0.15, 0.2) is 48.8 Å². The Kier molecular flexibility index (Phi) is 5.48. The van der Waals surface area contributed by atoms with E-state index in [9.17, 15) is 4.79 Å². The lowest BCUT2D eigenvalue weighted by atomic mass is 10.1. The normalized spacial score (nSPS) is 10.4. The zero-order valence-corrected chi connectivity index (χ0v) is 14.7. The Balaban J connectivity index is 1.57. The molecule has 7 heteroatoms. The molecule has 26 heavy (non-hydrogen) atoms. The lowest BCUT2D eigenvalue weighted by Crippen LogP contribution is -2.26. The van der Waals surface area contributed by atoms with Crippen LogP contribution in [0.5, 0.6) is 11.5 Å². The Bertz CT molecular complexity index is 878. The third-order valence-electron chi connectivity index (χ3n) is 3.93. The van der Waals surface area contributed by atoms with Gasteiger partial charge in [-0.1, -0.05) is 6.07 Å². The maximum Gasteiger partial charge on any atom is 0.269 e. The molecule has 0 atom stereocenters. The van der Waals surface area contributed by atoms with Gasteiger partial charge >= 0.3 is 0 Å². The number of benzene rings is 1. The van der Waals surface area contributed by atoms with Gasteiger partial charge in [-0.25, -0.2) is 0 Å². The summed E-state index contributed by atoms with van der Waals surface area (Å²) in [6.07, 6.45) is 4.07. The molecule has 134 valence electrons. The Labute approximate surface area is 151 Å². The lowest BCUT2D eigenvalue weighted by Gasteiger charge is -2.09. The second kappa shape index (κ2) is 8.15. The van der Waals surface area contributed by atoms with Crippen molar-refractivity contribution in [3.63, 3.8) is 0 Å². The fourth-order valence-corrected chi connectivity index (χ4v) is 2.55. The minimum Gasteiger partial charge on any atom is -0.493 e. The number of carbonyl (C=O) groups excluding carboxylic acids is 1. The molecular formula is C19H20N4O3. The number of ether oxygens (including phenoxy) is 2. The summed E-state index contributed by atoms with van der Waals surface area (Å²) >= 11 is 0. The molecule has 0 spiro atoms. The summed E-state index contributed by atoms with van der Waals surface area (Å²) in [5.74, 6) is 1.15.